The summed E-state index contributed by atoms with van der Waals surface area (Å²) in [4.78, 5) is 14.1. The van der Waals surface area contributed by atoms with Crippen molar-refractivity contribution < 1.29 is 4.42 Å². The Hall–Kier alpha value is -5.65. The summed E-state index contributed by atoms with van der Waals surface area (Å²) in [6, 6.07) is 48.0. The van der Waals surface area contributed by atoms with Crippen LogP contribution in [-0.2, 0) is 6.54 Å². The lowest BCUT2D eigenvalue weighted by atomic mass is 10.0. The summed E-state index contributed by atoms with van der Waals surface area (Å²) >= 11 is 1.84. The largest absolute Gasteiger partial charge is 0.456 e. The number of benzene rings is 6. The number of furan rings is 1. The molecule has 8 aromatic rings. The van der Waals surface area contributed by atoms with E-state index in [1.54, 1.807) is 0 Å². The number of nitrogens with zero attached hydrogens (tertiary/aromatic N) is 3. The molecule has 2 heterocycles. The zero-order valence-corrected chi connectivity index (χ0v) is 25.2. The molecule has 0 fully saturated rings. The minimum atomic E-state index is 0.490. The molecule has 0 amide bonds. The Morgan fingerprint density at radius 2 is 1.27 bits per heavy atom. The smallest absolute Gasteiger partial charge is 0.161 e. The number of hydrogen-bond donors (Lipinski definition) is 0. The van der Waals surface area contributed by atoms with E-state index < -0.39 is 0 Å². The Labute approximate surface area is 264 Å². The Kier molecular flexibility index (Phi) is 6.86. The standard InChI is InChI=1S/C40H27N3OS/c1-41-39(27-12-6-3-7-13-27)43-40(42-25-26-10-4-2-5-11-26)30-16-19-31-33-22-28(17-20-35(33)44-36(31)24-30)29-18-21-38-34(23-29)32-14-8-9-15-37(32)45-38/h2-24H,1,25H2. The maximum absolute atomic E-state index is 6.39. The molecule has 0 bridgehead atoms. The molecular formula is C40H27N3OS. The Balaban J connectivity index is 1.21. The second kappa shape index (κ2) is 11.5. The summed E-state index contributed by atoms with van der Waals surface area (Å²) in [5.74, 6) is 1.09. The van der Waals surface area contributed by atoms with E-state index in [1.165, 1.54) is 25.7 Å². The minimum absolute atomic E-state index is 0.490. The highest BCUT2D eigenvalue weighted by Crippen LogP contribution is 2.38. The first-order valence-corrected chi connectivity index (χ1v) is 15.6. The van der Waals surface area contributed by atoms with Crippen LogP contribution in [0, 0.1) is 0 Å². The van der Waals surface area contributed by atoms with Gasteiger partial charge in [0.15, 0.2) is 11.7 Å². The fraction of sp³-hybridized carbons (Fsp3) is 0.0250. The molecule has 4 nitrogen and oxygen atoms in total. The Morgan fingerprint density at radius 3 is 2.09 bits per heavy atom. The first kappa shape index (κ1) is 26.9. The fourth-order valence-electron chi connectivity index (χ4n) is 5.82. The van der Waals surface area contributed by atoms with Crippen LogP contribution in [0.4, 0.5) is 0 Å². The molecule has 0 atom stereocenters. The van der Waals surface area contributed by atoms with Crippen LogP contribution in [0.1, 0.15) is 16.7 Å². The van der Waals surface area contributed by atoms with Gasteiger partial charge in [-0.1, -0.05) is 97.1 Å². The number of rotatable bonds is 5. The lowest BCUT2D eigenvalue weighted by Gasteiger charge is -2.06. The number of fused-ring (bicyclic) bond motifs is 6. The average molecular weight is 598 g/mol. The molecule has 0 radical (unpaired) electrons. The van der Waals surface area contributed by atoms with Gasteiger partial charge in [0.05, 0.1) is 6.54 Å². The highest BCUT2D eigenvalue weighted by atomic mass is 32.1. The van der Waals surface area contributed by atoms with E-state index in [2.05, 4.69) is 96.6 Å². The minimum Gasteiger partial charge on any atom is -0.456 e. The van der Waals surface area contributed by atoms with Gasteiger partial charge in [-0.15, -0.1) is 11.3 Å². The first-order valence-electron chi connectivity index (χ1n) is 14.8. The third-order valence-electron chi connectivity index (χ3n) is 8.09. The molecule has 0 saturated carbocycles. The van der Waals surface area contributed by atoms with E-state index in [-0.39, 0.29) is 0 Å². The van der Waals surface area contributed by atoms with Crippen LogP contribution in [0.15, 0.2) is 159 Å². The molecule has 6 aromatic carbocycles. The van der Waals surface area contributed by atoms with Crippen molar-refractivity contribution in [1.82, 2.24) is 0 Å². The lowest BCUT2D eigenvalue weighted by molar-refractivity contribution is 0.669. The van der Waals surface area contributed by atoms with Crippen molar-refractivity contribution in [3.05, 3.63) is 156 Å². The van der Waals surface area contributed by atoms with Crippen LogP contribution in [-0.4, -0.2) is 18.4 Å². The van der Waals surface area contributed by atoms with Gasteiger partial charge in [-0.3, -0.25) is 4.99 Å². The molecule has 0 N–H and O–H groups in total. The van der Waals surface area contributed by atoms with Gasteiger partial charge in [-0.25, -0.2) is 9.98 Å². The normalized spacial score (nSPS) is 12.4. The van der Waals surface area contributed by atoms with Crippen molar-refractivity contribution in [2.75, 3.05) is 0 Å². The number of amidine groups is 2. The van der Waals surface area contributed by atoms with E-state index in [1.807, 2.05) is 65.9 Å². The van der Waals surface area contributed by atoms with E-state index in [4.69, 9.17) is 14.4 Å². The maximum atomic E-state index is 6.39. The third kappa shape index (κ3) is 5.13. The summed E-state index contributed by atoms with van der Waals surface area (Å²) in [6.07, 6.45) is 0. The van der Waals surface area contributed by atoms with Crippen molar-refractivity contribution in [1.29, 1.82) is 0 Å². The molecule has 5 heteroatoms. The molecule has 0 aliphatic carbocycles. The Morgan fingerprint density at radius 1 is 0.556 bits per heavy atom. The van der Waals surface area contributed by atoms with Gasteiger partial charge in [-0.05, 0) is 65.9 Å². The highest BCUT2D eigenvalue weighted by Gasteiger charge is 2.14. The predicted octanol–water partition coefficient (Wildman–Crippen LogP) is 10.7. The van der Waals surface area contributed by atoms with Crippen molar-refractivity contribution >= 4 is 71.8 Å². The van der Waals surface area contributed by atoms with E-state index >= 15 is 0 Å². The quantitative estimate of drug-likeness (QED) is 0.144. The first-order chi connectivity index (χ1) is 22.2. The second-order valence-electron chi connectivity index (χ2n) is 10.9. The average Bonchev–Trinajstić information content (AvgIpc) is 3.66. The van der Waals surface area contributed by atoms with Gasteiger partial charge < -0.3 is 4.42 Å². The molecule has 0 spiro atoms. The predicted molar refractivity (Wildman–Crippen MR) is 191 cm³/mol. The molecule has 0 unspecified atom stereocenters. The van der Waals surface area contributed by atoms with Crippen LogP contribution in [0.25, 0.3) is 53.2 Å². The van der Waals surface area contributed by atoms with Gasteiger partial charge in [0.1, 0.15) is 11.2 Å². The van der Waals surface area contributed by atoms with Crippen molar-refractivity contribution in [3.63, 3.8) is 0 Å². The van der Waals surface area contributed by atoms with Crippen LogP contribution in [0.5, 0.6) is 0 Å². The van der Waals surface area contributed by atoms with Crippen LogP contribution < -0.4 is 0 Å². The van der Waals surface area contributed by atoms with Gasteiger partial charge in [0, 0.05) is 42.1 Å². The van der Waals surface area contributed by atoms with Crippen molar-refractivity contribution in [2.24, 2.45) is 15.0 Å². The Bertz CT molecular complexity index is 2420. The zero-order chi connectivity index (χ0) is 30.2. The molecule has 45 heavy (non-hydrogen) atoms. The van der Waals surface area contributed by atoms with E-state index in [0.717, 1.165) is 44.2 Å². The van der Waals surface area contributed by atoms with Gasteiger partial charge in [0.25, 0.3) is 0 Å². The highest BCUT2D eigenvalue weighted by molar-refractivity contribution is 7.25. The molecular weight excluding hydrogens is 571 g/mol. The third-order valence-corrected chi connectivity index (χ3v) is 9.24. The van der Waals surface area contributed by atoms with Gasteiger partial charge >= 0.3 is 0 Å². The summed E-state index contributed by atoms with van der Waals surface area (Å²) in [6.45, 7) is 4.28. The summed E-state index contributed by atoms with van der Waals surface area (Å²) in [5.41, 5.74) is 6.81. The van der Waals surface area contributed by atoms with E-state index in [9.17, 15) is 0 Å². The van der Waals surface area contributed by atoms with E-state index in [0.29, 0.717) is 18.2 Å². The number of thiophene rings is 1. The topological polar surface area (TPSA) is 50.2 Å². The summed E-state index contributed by atoms with van der Waals surface area (Å²) < 4.78 is 9.01. The maximum Gasteiger partial charge on any atom is 0.161 e. The molecule has 8 rings (SSSR count). The summed E-state index contributed by atoms with van der Waals surface area (Å²) in [7, 11) is 0. The zero-order valence-electron chi connectivity index (χ0n) is 24.4. The fourth-order valence-corrected chi connectivity index (χ4v) is 6.91. The number of hydrogen-bond acceptors (Lipinski definition) is 3. The van der Waals surface area contributed by atoms with Crippen LogP contribution in [0.3, 0.4) is 0 Å². The van der Waals surface area contributed by atoms with Crippen molar-refractivity contribution in [3.8, 4) is 11.1 Å². The molecule has 0 saturated heterocycles. The monoisotopic (exact) mass is 597 g/mol. The van der Waals surface area contributed by atoms with Gasteiger partial charge in [0.2, 0.25) is 0 Å². The molecule has 2 aromatic heterocycles. The summed E-state index contributed by atoms with van der Waals surface area (Å²) in [5, 5.41) is 4.72. The van der Waals surface area contributed by atoms with Crippen LogP contribution in [0.2, 0.25) is 0 Å². The molecule has 0 aliphatic rings. The van der Waals surface area contributed by atoms with Crippen LogP contribution >= 0.6 is 11.3 Å². The molecule has 214 valence electrons. The SMILES string of the molecule is C=NC(=NC(=NCc1ccccc1)c1ccc2c(c1)oc1ccc(-c3ccc4sc5ccccc5c4c3)cc12)c1ccccc1. The van der Waals surface area contributed by atoms with Gasteiger partial charge in [-0.2, -0.15) is 0 Å². The molecule has 0 aliphatic heterocycles. The lowest BCUT2D eigenvalue weighted by Crippen LogP contribution is -2.05. The number of aliphatic imine (C=N–C) groups is 3. The van der Waals surface area contributed by atoms with Crippen molar-refractivity contribution in [2.45, 2.75) is 6.54 Å². The second-order valence-corrected chi connectivity index (χ2v) is 12.0.